The minimum Gasteiger partial charge on any atom is -0.466 e. The third-order valence-corrected chi connectivity index (χ3v) is 4.01. The first-order valence-electron chi connectivity index (χ1n) is 7.28. The fourth-order valence-corrected chi connectivity index (χ4v) is 3.21. The van der Waals surface area contributed by atoms with Crippen LogP contribution in [0.2, 0.25) is 0 Å². The monoisotopic (exact) mass is 277 g/mol. The van der Waals surface area contributed by atoms with Gasteiger partial charge in [-0.05, 0) is 32.1 Å². The fourth-order valence-electron chi connectivity index (χ4n) is 3.21. The van der Waals surface area contributed by atoms with Crippen molar-refractivity contribution >= 4 is 11.8 Å². The maximum absolute atomic E-state index is 12.3. The van der Waals surface area contributed by atoms with Crippen molar-refractivity contribution in [2.45, 2.75) is 46.5 Å². The molecule has 4 nitrogen and oxygen atoms in total. The van der Waals surface area contributed by atoms with Gasteiger partial charge in [0, 0.05) is 29.3 Å². The quantitative estimate of drug-likeness (QED) is 0.806. The average Bonchev–Trinajstić information content (AvgIpc) is 2.37. The molecule has 4 heteroatoms. The summed E-state index contributed by atoms with van der Waals surface area (Å²) in [5.74, 6) is 0.143. The summed E-state index contributed by atoms with van der Waals surface area (Å²) >= 11 is 0. The molecule has 0 aromatic carbocycles. The van der Waals surface area contributed by atoms with Crippen LogP contribution < -0.4 is 5.32 Å². The molecule has 0 fully saturated rings. The molecule has 2 aliphatic rings. The molecular formula is C16H23NO3. The molecule has 1 atom stereocenters. The number of ketones is 1. The number of carbonyl (C=O) groups excluding carboxylic acids is 2. The Morgan fingerprint density at radius 2 is 2.10 bits per heavy atom. The molecule has 0 bridgehead atoms. The number of carbonyl (C=O) groups is 2. The van der Waals surface area contributed by atoms with Crippen molar-refractivity contribution < 1.29 is 14.3 Å². The van der Waals surface area contributed by atoms with Gasteiger partial charge in [-0.2, -0.15) is 0 Å². The van der Waals surface area contributed by atoms with Crippen molar-refractivity contribution in [2.75, 3.05) is 7.11 Å². The molecule has 110 valence electrons. The highest BCUT2D eigenvalue weighted by Crippen LogP contribution is 2.39. The van der Waals surface area contributed by atoms with E-state index >= 15 is 0 Å². The van der Waals surface area contributed by atoms with Gasteiger partial charge >= 0.3 is 5.97 Å². The second-order valence-electron chi connectivity index (χ2n) is 6.01. The molecule has 1 aliphatic heterocycles. The smallest absolute Gasteiger partial charge is 0.336 e. The molecule has 0 aromatic rings. The van der Waals surface area contributed by atoms with Gasteiger partial charge in [0.2, 0.25) is 0 Å². The van der Waals surface area contributed by atoms with E-state index in [0.717, 1.165) is 36.2 Å². The molecule has 1 aliphatic carbocycles. The highest BCUT2D eigenvalue weighted by atomic mass is 16.5. The maximum atomic E-state index is 12.3. The largest absolute Gasteiger partial charge is 0.466 e. The summed E-state index contributed by atoms with van der Waals surface area (Å²) in [5.41, 5.74) is 3.28. The van der Waals surface area contributed by atoms with Crippen LogP contribution in [-0.4, -0.2) is 18.9 Å². The van der Waals surface area contributed by atoms with Crippen LogP contribution in [-0.2, 0) is 14.3 Å². The van der Waals surface area contributed by atoms with Crippen LogP contribution in [0.1, 0.15) is 46.5 Å². The number of methoxy groups -OCH3 is 1. The van der Waals surface area contributed by atoms with Crippen LogP contribution in [0.3, 0.4) is 0 Å². The molecule has 0 radical (unpaired) electrons. The number of Topliss-reactive ketones (excluding diaryl/α,β-unsaturated/α-hetero) is 1. The second kappa shape index (κ2) is 5.81. The standard InChI is InChI=1S/C16H23NO3/c1-9(2)8-11-14(16(19)20-4)10(3)17-12-6-5-7-13(18)15(11)12/h9,11,17H,5-8H2,1-4H3. The summed E-state index contributed by atoms with van der Waals surface area (Å²) in [6.45, 7) is 6.11. The number of hydrogen-bond donors (Lipinski definition) is 1. The molecule has 0 saturated heterocycles. The highest BCUT2D eigenvalue weighted by Gasteiger charge is 2.37. The Morgan fingerprint density at radius 3 is 2.70 bits per heavy atom. The van der Waals surface area contributed by atoms with Crippen LogP contribution in [0.5, 0.6) is 0 Å². The SMILES string of the molecule is COC(=O)C1=C(C)NC2=C(C(=O)CCC2)C1CC(C)C. The van der Waals surface area contributed by atoms with E-state index in [1.807, 2.05) is 6.92 Å². The zero-order valence-corrected chi connectivity index (χ0v) is 12.7. The molecular weight excluding hydrogens is 254 g/mol. The summed E-state index contributed by atoms with van der Waals surface area (Å²) < 4.78 is 4.92. The van der Waals surface area contributed by atoms with E-state index in [1.165, 1.54) is 7.11 Å². The van der Waals surface area contributed by atoms with Crippen molar-refractivity contribution in [2.24, 2.45) is 11.8 Å². The Labute approximate surface area is 120 Å². The van der Waals surface area contributed by atoms with Crippen molar-refractivity contribution in [3.8, 4) is 0 Å². The molecule has 0 aromatic heterocycles. The third kappa shape index (κ3) is 2.65. The fraction of sp³-hybridized carbons (Fsp3) is 0.625. The molecule has 1 heterocycles. The number of ether oxygens (including phenoxy) is 1. The topological polar surface area (TPSA) is 55.4 Å². The predicted octanol–water partition coefficient (Wildman–Crippen LogP) is 2.71. The summed E-state index contributed by atoms with van der Waals surface area (Å²) in [5, 5.41) is 3.25. The summed E-state index contributed by atoms with van der Waals surface area (Å²) in [6.07, 6.45) is 3.16. The van der Waals surface area contributed by atoms with Gasteiger partial charge in [0.25, 0.3) is 0 Å². The molecule has 0 spiro atoms. The number of allylic oxidation sites excluding steroid dienone is 3. The lowest BCUT2D eigenvalue weighted by molar-refractivity contribution is -0.136. The first-order valence-corrected chi connectivity index (χ1v) is 7.28. The minimum absolute atomic E-state index is 0.119. The number of dihydropyridines is 1. The third-order valence-electron chi connectivity index (χ3n) is 4.01. The van der Waals surface area contributed by atoms with Crippen molar-refractivity contribution in [1.29, 1.82) is 0 Å². The number of rotatable bonds is 3. The Kier molecular flexibility index (Phi) is 4.31. The lowest BCUT2D eigenvalue weighted by atomic mass is 9.75. The second-order valence-corrected chi connectivity index (χ2v) is 6.01. The Hall–Kier alpha value is -1.58. The van der Waals surface area contributed by atoms with Gasteiger partial charge in [-0.3, -0.25) is 4.79 Å². The summed E-state index contributed by atoms with van der Waals surface area (Å²) in [6, 6.07) is 0. The highest BCUT2D eigenvalue weighted by molar-refractivity contribution is 6.01. The van der Waals surface area contributed by atoms with E-state index in [1.54, 1.807) is 0 Å². The van der Waals surface area contributed by atoms with E-state index in [4.69, 9.17) is 4.74 Å². The lowest BCUT2D eigenvalue weighted by Crippen LogP contribution is -2.35. The van der Waals surface area contributed by atoms with Gasteiger partial charge in [-0.25, -0.2) is 4.79 Å². The van der Waals surface area contributed by atoms with Crippen LogP contribution in [0.25, 0.3) is 0 Å². The van der Waals surface area contributed by atoms with E-state index in [9.17, 15) is 9.59 Å². The molecule has 1 unspecified atom stereocenters. The van der Waals surface area contributed by atoms with Crippen molar-refractivity contribution in [3.63, 3.8) is 0 Å². The Bertz CT molecular complexity index is 500. The van der Waals surface area contributed by atoms with Crippen LogP contribution in [0.15, 0.2) is 22.5 Å². The van der Waals surface area contributed by atoms with Gasteiger partial charge in [0.05, 0.1) is 12.7 Å². The Morgan fingerprint density at radius 1 is 1.40 bits per heavy atom. The van der Waals surface area contributed by atoms with E-state index in [0.29, 0.717) is 17.9 Å². The normalized spacial score (nSPS) is 22.9. The van der Waals surface area contributed by atoms with Crippen molar-refractivity contribution in [3.05, 3.63) is 22.5 Å². The number of nitrogens with one attached hydrogen (secondary N) is 1. The summed E-state index contributed by atoms with van der Waals surface area (Å²) in [7, 11) is 1.39. The zero-order chi connectivity index (χ0) is 14.9. The van der Waals surface area contributed by atoms with E-state index in [2.05, 4.69) is 19.2 Å². The molecule has 0 saturated carbocycles. The van der Waals surface area contributed by atoms with Gasteiger partial charge in [0.15, 0.2) is 5.78 Å². The van der Waals surface area contributed by atoms with Gasteiger partial charge in [0.1, 0.15) is 0 Å². The maximum Gasteiger partial charge on any atom is 0.336 e. The van der Waals surface area contributed by atoms with E-state index < -0.39 is 0 Å². The summed E-state index contributed by atoms with van der Waals surface area (Å²) in [4.78, 5) is 24.4. The van der Waals surface area contributed by atoms with Crippen LogP contribution in [0, 0.1) is 11.8 Å². The average molecular weight is 277 g/mol. The van der Waals surface area contributed by atoms with Gasteiger partial charge < -0.3 is 10.1 Å². The van der Waals surface area contributed by atoms with E-state index in [-0.39, 0.29) is 17.7 Å². The molecule has 0 amide bonds. The zero-order valence-electron chi connectivity index (χ0n) is 12.7. The predicted molar refractivity (Wildman–Crippen MR) is 76.7 cm³/mol. The number of hydrogen-bond acceptors (Lipinski definition) is 4. The minimum atomic E-state index is -0.328. The first-order chi connectivity index (χ1) is 9.45. The Balaban J connectivity index is 2.46. The molecule has 20 heavy (non-hydrogen) atoms. The van der Waals surface area contributed by atoms with Crippen molar-refractivity contribution in [1.82, 2.24) is 5.32 Å². The molecule has 1 N–H and O–H groups in total. The first kappa shape index (κ1) is 14.8. The van der Waals surface area contributed by atoms with Crippen LogP contribution >= 0.6 is 0 Å². The van der Waals surface area contributed by atoms with Crippen LogP contribution in [0.4, 0.5) is 0 Å². The lowest BCUT2D eigenvalue weighted by Gasteiger charge is -2.34. The molecule has 2 rings (SSSR count). The number of esters is 1. The van der Waals surface area contributed by atoms with Gasteiger partial charge in [-0.15, -0.1) is 0 Å². The van der Waals surface area contributed by atoms with Gasteiger partial charge in [-0.1, -0.05) is 13.8 Å².